The van der Waals surface area contributed by atoms with Crippen molar-refractivity contribution in [2.75, 3.05) is 19.7 Å². The Morgan fingerprint density at radius 2 is 2.18 bits per heavy atom. The summed E-state index contributed by atoms with van der Waals surface area (Å²) in [5.41, 5.74) is 1.22. The largest absolute Gasteiger partial charge is 0.366 e. The van der Waals surface area contributed by atoms with E-state index in [4.69, 9.17) is 10.00 Å². The predicted molar refractivity (Wildman–Crippen MR) is 83.8 cm³/mol. The molecule has 1 fully saturated rings. The van der Waals surface area contributed by atoms with Gasteiger partial charge in [0.15, 0.2) is 0 Å². The molecule has 2 rings (SSSR count). The highest BCUT2D eigenvalue weighted by molar-refractivity contribution is 5.81. The van der Waals surface area contributed by atoms with Crippen molar-refractivity contribution in [1.29, 1.82) is 5.26 Å². The number of hydrogen-bond acceptors (Lipinski definition) is 4. The normalized spacial score (nSPS) is 20.4. The van der Waals surface area contributed by atoms with Crippen LogP contribution in [-0.4, -0.2) is 42.6 Å². The van der Waals surface area contributed by atoms with E-state index in [0.717, 1.165) is 13.1 Å². The molecule has 1 aromatic carbocycles. The van der Waals surface area contributed by atoms with Gasteiger partial charge in [0.1, 0.15) is 12.1 Å². The van der Waals surface area contributed by atoms with Crippen LogP contribution < -0.4 is 5.32 Å². The standard InChI is InChI=1S/C17H23N3O2/c1-13(2)15(10-18)19-17(21)16-12-20(8-9-22-16)11-14-6-4-3-5-7-14/h3-7,13,15-16H,8-9,11-12H2,1-2H3,(H,19,21)/t15-,16-/m1/s1. The molecule has 0 radical (unpaired) electrons. The van der Waals surface area contributed by atoms with Gasteiger partial charge in [0.25, 0.3) is 5.91 Å². The van der Waals surface area contributed by atoms with Crippen molar-refractivity contribution in [3.63, 3.8) is 0 Å². The maximum absolute atomic E-state index is 12.3. The number of hydrogen-bond donors (Lipinski definition) is 1. The van der Waals surface area contributed by atoms with E-state index in [0.29, 0.717) is 13.2 Å². The molecule has 22 heavy (non-hydrogen) atoms. The second kappa shape index (κ2) is 7.92. The van der Waals surface area contributed by atoms with Crippen LogP contribution in [0.2, 0.25) is 0 Å². The predicted octanol–water partition coefficient (Wildman–Crippen LogP) is 1.55. The van der Waals surface area contributed by atoms with E-state index < -0.39 is 12.1 Å². The zero-order valence-electron chi connectivity index (χ0n) is 13.2. The van der Waals surface area contributed by atoms with E-state index in [9.17, 15) is 4.79 Å². The van der Waals surface area contributed by atoms with Crippen molar-refractivity contribution in [2.24, 2.45) is 5.92 Å². The topological polar surface area (TPSA) is 65.4 Å². The number of nitrogens with one attached hydrogen (secondary N) is 1. The molecular weight excluding hydrogens is 278 g/mol. The van der Waals surface area contributed by atoms with E-state index in [-0.39, 0.29) is 11.8 Å². The third kappa shape index (κ3) is 4.55. The number of nitriles is 1. The van der Waals surface area contributed by atoms with E-state index in [1.807, 2.05) is 32.0 Å². The van der Waals surface area contributed by atoms with Crippen LogP contribution in [0, 0.1) is 17.2 Å². The summed E-state index contributed by atoms with van der Waals surface area (Å²) in [6, 6.07) is 11.8. The molecule has 1 heterocycles. The van der Waals surface area contributed by atoms with Crippen molar-refractivity contribution in [3.05, 3.63) is 35.9 Å². The highest BCUT2D eigenvalue weighted by Gasteiger charge is 2.28. The van der Waals surface area contributed by atoms with Crippen LogP contribution in [0.1, 0.15) is 19.4 Å². The lowest BCUT2D eigenvalue weighted by molar-refractivity contribution is -0.139. The first kappa shape index (κ1) is 16.5. The van der Waals surface area contributed by atoms with E-state index >= 15 is 0 Å². The van der Waals surface area contributed by atoms with Crippen molar-refractivity contribution in [1.82, 2.24) is 10.2 Å². The van der Waals surface area contributed by atoms with Gasteiger partial charge in [-0.2, -0.15) is 5.26 Å². The number of carbonyl (C=O) groups is 1. The second-order valence-corrected chi connectivity index (χ2v) is 5.94. The van der Waals surface area contributed by atoms with Crippen LogP contribution in [0.25, 0.3) is 0 Å². The lowest BCUT2D eigenvalue weighted by atomic mass is 10.1. The van der Waals surface area contributed by atoms with Crippen LogP contribution in [-0.2, 0) is 16.1 Å². The summed E-state index contributed by atoms with van der Waals surface area (Å²) in [5, 5.41) is 11.8. The maximum Gasteiger partial charge on any atom is 0.251 e. The van der Waals surface area contributed by atoms with Gasteiger partial charge in [-0.15, -0.1) is 0 Å². The van der Waals surface area contributed by atoms with Crippen molar-refractivity contribution in [2.45, 2.75) is 32.5 Å². The molecule has 0 bridgehead atoms. The van der Waals surface area contributed by atoms with Crippen molar-refractivity contribution >= 4 is 5.91 Å². The number of nitrogens with zero attached hydrogens (tertiary/aromatic N) is 2. The fourth-order valence-electron chi connectivity index (χ4n) is 2.44. The van der Waals surface area contributed by atoms with Crippen LogP contribution in [0.15, 0.2) is 30.3 Å². The summed E-state index contributed by atoms with van der Waals surface area (Å²) in [5.74, 6) is -0.115. The minimum atomic E-state index is -0.507. The highest BCUT2D eigenvalue weighted by atomic mass is 16.5. The van der Waals surface area contributed by atoms with Crippen LogP contribution in [0.4, 0.5) is 0 Å². The smallest absolute Gasteiger partial charge is 0.251 e. The molecule has 0 spiro atoms. The van der Waals surface area contributed by atoms with E-state index in [2.05, 4.69) is 28.4 Å². The molecule has 0 aromatic heterocycles. The summed E-state index contributed by atoms with van der Waals surface area (Å²) in [4.78, 5) is 14.5. The average Bonchev–Trinajstić information content (AvgIpc) is 2.53. The summed E-state index contributed by atoms with van der Waals surface area (Å²) in [7, 11) is 0. The Kier molecular flexibility index (Phi) is 5.93. The molecule has 118 valence electrons. The van der Waals surface area contributed by atoms with E-state index in [1.54, 1.807) is 0 Å². The third-order valence-electron chi connectivity index (χ3n) is 3.80. The monoisotopic (exact) mass is 301 g/mol. The number of morpholine rings is 1. The zero-order valence-corrected chi connectivity index (χ0v) is 13.2. The third-order valence-corrected chi connectivity index (χ3v) is 3.80. The Morgan fingerprint density at radius 3 is 2.82 bits per heavy atom. The van der Waals surface area contributed by atoms with Gasteiger partial charge in [-0.05, 0) is 11.5 Å². The van der Waals surface area contributed by atoms with Gasteiger partial charge in [-0.3, -0.25) is 9.69 Å². The molecular formula is C17H23N3O2. The van der Waals surface area contributed by atoms with Crippen LogP contribution >= 0.6 is 0 Å². The summed E-state index contributed by atoms with van der Waals surface area (Å²) in [6.07, 6.45) is -0.507. The van der Waals surface area contributed by atoms with E-state index in [1.165, 1.54) is 5.56 Å². The first-order chi connectivity index (χ1) is 10.6. The Labute approximate surface area is 131 Å². The summed E-state index contributed by atoms with van der Waals surface area (Å²) in [6.45, 7) is 6.53. The van der Waals surface area contributed by atoms with Crippen LogP contribution in [0.3, 0.4) is 0 Å². The number of benzene rings is 1. The Bertz CT molecular complexity index is 524. The van der Waals surface area contributed by atoms with Crippen LogP contribution in [0.5, 0.6) is 0 Å². The lowest BCUT2D eigenvalue weighted by Crippen LogP contribution is -2.52. The minimum absolute atomic E-state index is 0.0814. The molecule has 1 aromatic rings. The van der Waals surface area contributed by atoms with Crippen molar-refractivity contribution in [3.8, 4) is 6.07 Å². The quantitative estimate of drug-likeness (QED) is 0.896. The Balaban J connectivity index is 1.90. The van der Waals surface area contributed by atoms with Gasteiger partial charge in [-0.1, -0.05) is 44.2 Å². The lowest BCUT2D eigenvalue weighted by Gasteiger charge is -2.32. The average molecular weight is 301 g/mol. The number of ether oxygens (including phenoxy) is 1. The van der Waals surface area contributed by atoms with Gasteiger partial charge < -0.3 is 10.1 Å². The molecule has 2 atom stereocenters. The zero-order chi connectivity index (χ0) is 15.9. The first-order valence-corrected chi connectivity index (χ1v) is 7.68. The van der Waals surface area contributed by atoms with Gasteiger partial charge in [0.05, 0.1) is 12.7 Å². The first-order valence-electron chi connectivity index (χ1n) is 7.68. The molecule has 1 amide bonds. The van der Waals surface area contributed by atoms with Gasteiger partial charge in [0.2, 0.25) is 0 Å². The molecule has 5 nitrogen and oxygen atoms in total. The van der Waals surface area contributed by atoms with Gasteiger partial charge in [-0.25, -0.2) is 0 Å². The van der Waals surface area contributed by atoms with Gasteiger partial charge in [0, 0.05) is 19.6 Å². The molecule has 1 aliphatic rings. The molecule has 1 N–H and O–H groups in total. The fourth-order valence-corrected chi connectivity index (χ4v) is 2.44. The molecule has 1 aliphatic heterocycles. The molecule has 1 saturated heterocycles. The Hall–Kier alpha value is -1.90. The fraction of sp³-hybridized carbons (Fsp3) is 0.529. The Morgan fingerprint density at radius 1 is 1.45 bits per heavy atom. The summed E-state index contributed by atoms with van der Waals surface area (Å²) < 4.78 is 5.57. The maximum atomic E-state index is 12.3. The number of rotatable bonds is 5. The number of amides is 1. The van der Waals surface area contributed by atoms with Crippen molar-refractivity contribution < 1.29 is 9.53 Å². The second-order valence-electron chi connectivity index (χ2n) is 5.94. The minimum Gasteiger partial charge on any atom is -0.366 e. The molecule has 5 heteroatoms. The van der Waals surface area contributed by atoms with Gasteiger partial charge >= 0.3 is 0 Å². The molecule has 0 unspecified atom stereocenters. The SMILES string of the molecule is CC(C)[C@@H](C#N)NC(=O)[C@H]1CN(Cc2ccccc2)CCO1. The number of carbonyl (C=O) groups excluding carboxylic acids is 1. The highest BCUT2D eigenvalue weighted by Crippen LogP contribution is 2.11. The summed E-state index contributed by atoms with van der Waals surface area (Å²) >= 11 is 0. The molecule has 0 aliphatic carbocycles. The molecule has 0 saturated carbocycles.